The number of thiazole rings is 2. The molecule has 2 aromatic heterocycles. The van der Waals surface area contributed by atoms with E-state index in [1.165, 1.54) is 22.7 Å². The third kappa shape index (κ3) is 2.30. The van der Waals surface area contributed by atoms with Crippen LogP contribution in [0.2, 0.25) is 0 Å². The summed E-state index contributed by atoms with van der Waals surface area (Å²) in [5, 5.41) is 23.8. The van der Waals surface area contributed by atoms with Crippen molar-refractivity contribution in [2.24, 2.45) is 0 Å². The maximum Gasteiger partial charge on any atom is 0.143 e. The first-order valence-electron chi connectivity index (χ1n) is 4.74. The zero-order valence-corrected chi connectivity index (χ0v) is 10.6. The minimum atomic E-state index is -0.917. The number of hydrogen-bond acceptors (Lipinski definition) is 6. The highest BCUT2D eigenvalue weighted by molar-refractivity contribution is 7.14. The molecule has 0 saturated carbocycles. The van der Waals surface area contributed by atoms with Gasteiger partial charge in [0.2, 0.25) is 0 Å². The summed E-state index contributed by atoms with van der Waals surface area (Å²) < 4.78 is 0. The van der Waals surface area contributed by atoms with Gasteiger partial charge >= 0.3 is 0 Å². The van der Waals surface area contributed by atoms with E-state index in [-0.39, 0.29) is 6.61 Å². The van der Waals surface area contributed by atoms with Crippen LogP contribution < -0.4 is 0 Å². The van der Waals surface area contributed by atoms with Gasteiger partial charge in [-0.3, -0.25) is 0 Å². The highest BCUT2D eigenvalue weighted by atomic mass is 32.1. The molecule has 86 valence electrons. The maximum absolute atomic E-state index is 9.79. The molecular weight excluding hydrogens is 244 g/mol. The maximum atomic E-state index is 9.79. The van der Waals surface area contributed by atoms with Gasteiger partial charge in [-0.1, -0.05) is 0 Å². The van der Waals surface area contributed by atoms with E-state index in [4.69, 9.17) is 5.11 Å². The van der Waals surface area contributed by atoms with Crippen LogP contribution in [0.5, 0.6) is 0 Å². The van der Waals surface area contributed by atoms with E-state index in [1.54, 1.807) is 19.2 Å². The molecule has 0 aliphatic rings. The van der Waals surface area contributed by atoms with Crippen LogP contribution in [0.3, 0.4) is 0 Å². The van der Waals surface area contributed by atoms with Crippen molar-refractivity contribution in [1.29, 1.82) is 0 Å². The molecule has 0 aliphatic heterocycles. The molecular formula is C10H12N2O2S2. The molecule has 0 saturated heterocycles. The number of aliphatic hydroxyl groups is 2. The van der Waals surface area contributed by atoms with E-state index in [1.807, 2.05) is 5.38 Å². The SMILES string of the molecule is CC(C)(O)c1nc(-c2nc(CO)cs2)cs1. The Morgan fingerprint density at radius 3 is 2.50 bits per heavy atom. The second-order valence-corrected chi connectivity index (χ2v) is 5.62. The van der Waals surface area contributed by atoms with Crippen LogP contribution in [-0.2, 0) is 12.2 Å². The molecule has 0 atom stereocenters. The monoisotopic (exact) mass is 256 g/mol. The zero-order chi connectivity index (χ0) is 11.8. The molecule has 0 amide bonds. The Balaban J connectivity index is 2.31. The summed E-state index contributed by atoms with van der Waals surface area (Å²) in [5.41, 5.74) is 0.490. The fourth-order valence-corrected chi connectivity index (χ4v) is 2.82. The number of nitrogens with zero attached hydrogens (tertiary/aromatic N) is 2. The largest absolute Gasteiger partial charge is 0.390 e. The Bertz CT molecular complexity index is 485. The van der Waals surface area contributed by atoms with Crippen molar-refractivity contribution in [3.8, 4) is 10.7 Å². The van der Waals surface area contributed by atoms with E-state index < -0.39 is 5.60 Å². The smallest absolute Gasteiger partial charge is 0.143 e. The topological polar surface area (TPSA) is 66.2 Å². The van der Waals surface area contributed by atoms with Crippen molar-refractivity contribution >= 4 is 22.7 Å². The molecule has 4 nitrogen and oxygen atoms in total. The molecule has 0 aromatic carbocycles. The van der Waals surface area contributed by atoms with E-state index in [2.05, 4.69) is 9.97 Å². The lowest BCUT2D eigenvalue weighted by atomic mass is 10.2. The van der Waals surface area contributed by atoms with Crippen molar-refractivity contribution in [2.45, 2.75) is 26.1 Å². The molecule has 2 rings (SSSR count). The minimum Gasteiger partial charge on any atom is -0.390 e. The molecule has 0 aliphatic carbocycles. The van der Waals surface area contributed by atoms with E-state index in [0.717, 1.165) is 10.7 Å². The summed E-state index contributed by atoms with van der Waals surface area (Å²) in [4.78, 5) is 8.56. The summed E-state index contributed by atoms with van der Waals surface area (Å²) in [5.74, 6) is 0. The fourth-order valence-electron chi connectivity index (χ4n) is 1.15. The molecule has 0 unspecified atom stereocenters. The lowest BCUT2D eigenvalue weighted by Crippen LogP contribution is -2.14. The van der Waals surface area contributed by atoms with E-state index in [0.29, 0.717) is 10.7 Å². The second kappa shape index (κ2) is 4.21. The molecule has 0 bridgehead atoms. The highest BCUT2D eigenvalue weighted by Gasteiger charge is 2.21. The Labute approximate surface area is 101 Å². The predicted octanol–water partition coefficient (Wildman–Crippen LogP) is 1.99. The van der Waals surface area contributed by atoms with Gasteiger partial charge in [0.05, 0.1) is 12.3 Å². The van der Waals surface area contributed by atoms with Crippen LogP contribution in [0.25, 0.3) is 10.7 Å². The van der Waals surface area contributed by atoms with Gasteiger partial charge in [0.15, 0.2) is 0 Å². The first kappa shape index (κ1) is 11.7. The van der Waals surface area contributed by atoms with Crippen LogP contribution in [0.4, 0.5) is 0 Å². The molecule has 2 aromatic rings. The van der Waals surface area contributed by atoms with Crippen molar-refractivity contribution in [2.75, 3.05) is 0 Å². The molecule has 0 fully saturated rings. The normalized spacial score (nSPS) is 12.0. The Hall–Kier alpha value is -0.820. The average molecular weight is 256 g/mol. The number of hydrogen-bond donors (Lipinski definition) is 2. The molecule has 16 heavy (non-hydrogen) atoms. The van der Waals surface area contributed by atoms with Crippen LogP contribution in [0, 0.1) is 0 Å². The van der Waals surface area contributed by atoms with Gasteiger partial charge in [-0.2, -0.15) is 0 Å². The quantitative estimate of drug-likeness (QED) is 0.881. The van der Waals surface area contributed by atoms with Gasteiger partial charge in [-0.05, 0) is 13.8 Å². The van der Waals surface area contributed by atoms with E-state index >= 15 is 0 Å². The zero-order valence-electron chi connectivity index (χ0n) is 8.97. The standard InChI is InChI=1S/C10H12N2O2S2/c1-10(2,14)9-12-7(5-16-9)8-11-6(3-13)4-15-8/h4-5,13-14H,3H2,1-2H3. The third-order valence-corrected chi connectivity index (χ3v) is 4.03. The summed E-state index contributed by atoms with van der Waals surface area (Å²) in [7, 11) is 0. The van der Waals surface area contributed by atoms with Gasteiger partial charge in [0.25, 0.3) is 0 Å². The first-order valence-corrected chi connectivity index (χ1v) is 6.50. The molecule has 0 spiro atoms. The number of aromatic nitrogens is 2. The summed E-state index contributed by atoms with van der Waals surface area (Å²) in [6, 6.07) is 0. The van der Waals surface area contributed by atoms with Crippen molar-refractivity contribution in [1.82, 2.24) is 9.97 Å². The highest BCUT2D eigenvalue weighted by Crippen LogP contribution is 2.30. The van der Waals surface area contributed by atoms with Gasteiger partial charge in [-0.25, -0.2) is 9.97 Å². The van der Waals surface area contributed by atoms with Crippen LogP contribution in [0.15, 0.2) is 10.8 Å². The van der Waals surface area contributed by atoms with Crippen molar-refractivity contribution in [3.05, 3.63) is 21.5 Å². The van der Waals surface area contributed by atoms with Gasteiger partial charge in [-0.15, -0.1) is 22.7 Å². The van der Waals surface area contributed by atoms with Crippen LogP contribution in [-0.4, -0.2) is 20.2 Å². The second-order valence-electron chi connectivity index (χ2n) is 3.90. The molecule has 2 N–H and O–H groups in total. The van der Waals surface area contributed by atoms with Crippen molar-refractivity contribution in [3.63, 3.8) is 0 Å². The Morgan fingerprint density at radius 1 is 1.25 bits per heavy atom. The van der Waals surface area contributed by atoms with Gasteiger partial charge in [0, 0.05) is 10.8 Å². The molecule has 0 radical (unpaired) electrons. The average Bonchev–Trinajstić information content (AvgIpc) is 2.85. The van der Waals surface area contributed by atoms with Crippen LogP contribution in [0.1, 0.15) is 24.5 Å². The lowest BCUT2D eigenvalue weighted by molar-refractivity contribution is 0.0783. The minimum absolute atomic E-state index is 0.0566. The summed E-state index contributed by atoms with van der Waals surface area (Å²) >= 11 is 2.85. The fraction of sp³-hybridized carbons (Fsp3) is 0.400. The predicted molar refractivity (Wildman–Crippen MR) is 64.4 cm³/mol. The molecule has 2 heterocycles. The third-order valence-electron chi connectivity index (χ3n) is 1.96. The lowest BCUT2D eigenvalue weighted by Gasteiger charge is -2.12. The Morgan fingerprint density at radius 2 is 2.00 bits per heavy atom. The summed E-state index contributed by atoms with van der Waals surface area (Å²) in [6.45, 7) is 3.35. The molecule has 6 heteroatoms. The number of rotatable bonds is 3. The van der Waals surface area contributed by atoms with Gasteiger partial charge in [0.1, 0.15) is 21.3 Å². The summed E-state index contributed by atoms with van der Waals surface area (Å²) in [6.07, 6.45) is 0. The first-order chi connectivity index (χ1) is 7.50. The van der Waals surface area contributed by atoms with Crippen LogP contribution >= 0.6 is 22.7 Å². The van der Waals surface area contributed by atoms with Gasteiger partial charge < -0.3 is 10.2 Å². The van der Waals surface area contributed by atoms with Crippen molar-refractivity contribution < 1.29 is 10.2 Å². The van der Waals surface area contributed by atoms with E-state index in [9.17, 15) is 5.11 Å². The Kier molecular flexibility index (Phi) is 3.07. The number of aliphatic hydroxyl groups excluding tert-OH is 1.